The van der Waals surface area contributed by atoms with Gasteiger partial charge in [-0.05, 0) is 248 Å². The van der Waals surface area contributed by atoms with E-state index in [0.717, 1.165) is 178 Å². The van der Waals surface area contributed by atoms with E-state index >= 15 is 0 Å². The summed E-state index contributed by atoms with van der Waals surface area (Å²) in [6.45, 7) is 0. The third-order valence-corrected chi connectivity index (χ3v) is 31.1. The van der Waals surface area contributed by atoms with Crippen LogP contribution in [-0.2, 0) is 5.41 Å². The van der Waals surface area contributed by atoms with Crippen molar-refractivity contribution in [3.05, 3.63) is 508 Å². The molecule has 0 atom stereocenters. The molecule has 0 bridgehead atoms. The van der Waals surface area contributed by atoms with Gasteiger partial charge in [0, 0.05) is 131 Å². The number of rotatable bonds is 12. The number of benzene rings is 22. The molecular weight excluding hydrogens is 1750 g/mol. The van der Waals surface area contributed by atoms with Crippen LogP contribution in [0.3, 0.4) is 0 Å². The Hall–Kier alpha value is -18.5. The molecule has 0 saturated heterocycles. The van der Waals surface area contributed by atoms with E-state index in [1.54, 1.807) is 0 Å². The fourth-order valence-electron chi connectivity index (χ4n) is 23.8. The Morgan fingerprint density at radius 3 is 0.979 bits per heavy atom. The van der Waals surface area contributed by atoms with Gasteiger partial charge in [0.05, 0.1) is 38.3 Å². The lowest BCUT2D eigenvalue weighted by Crippen LogP contribution is -2.26. The molecule has 7 aromatic heterocycles. The highest BCUT2D eigenvalue weighted by atomic mass is 32.1. The van der Waals surface area contributed by atoms with E-state index < -0.39 is 5.41 Å². The van der Waals surface area contributed by atoms with Crippen LogP contribution < -0.4 is 9.80 Å². The first-order valence-electron chi connectivity index (χ1n) is 48.5. The zero-order chi connectivity index (χ0) is 92.9. The van der Waals surface area contributed by atoms with Crippen LogP contribution in [0, 0.1) is 0 Å². The Morgan fingerprint density at radius 2 is 0.521 bits per heavy atom. The molecule has 2 aliphatic carbocycles. The van der Waals surface area contributed by atoms with Crippen molar-refractivity contribution in [2.24, 2.45) is 0 Å². The fraction of sp³-hybridized carbons (Fsp3) is 0.00752. The van der Waals surface area contributed by atoms with E-state index in [1.165, 1.54) is 108 Å². The molecule has 1 spiro atoms. The molecule has 22 aromatic carbocycles. The minimum atomic E-state index is -0.470. The van der Waals surface area contributed by atoms with Gasteiger partial charge in [-0.2, -0.15) is 0 Å². The maximum absolute atomic E-state index is 7.04. The number of nitrogens with zero attached hydrogens (tertiary/aromatic N) is 4. The van der Waals surface area contributed by atoms with Gasteiger partial charge >= 0.3 is 0 Å². The normalized spacial score (nSPS) is 12.6. The summed E-state index contributed by atoms with van der Waals surface area (Å²) in [4.78, 5) is 4.80. The van der Waals surface area contributed by atoms with Gasteiger partial charge in [0.1, 0.15) is 44.7 Å². The Labute approximate surface area is 818 Å². The molecule has 0 radical (unpaired) electrons. The predicted octanol–water partition coefficient (Wildman–Crippen LogP) is 37.5. The summed E-state index contributed by atoms with van der Waals surface area (Å²) in [5, 5.41) is 16.0. The standard InChI is InChI=1S/C73H44N2O2.C60H36N2O2S/c1-2-16-45(17-3-1)46-30-34-48(35-31-46)74(51-38-40-55-54-20-6-12-26-64(54)73(65(55)43-51)62-24-10-4-18-52(62)53-19-5-11-25-63(53)73)49-36-32-47(33-37-49)59-44-61-56-21-7-13-27-66(56)75(71(61)70-58-23-9-15-29-68(58)77-72(59)70)50-39-41-69-60(42-50)57-22-8-14-28-67(57)76-69;1-2-12-37(13-3-1)38-22-26-40(27-23-38)61(42-31-33-57-50(35-42)46-16-7-11-21-56(46)65-57)41-28-24-39(25-29-41)48-36-51-44-14-4-8-18-52(44)62(59(51)58-47-17-6-10-20-54(47)64-60(48)58)43-30-32-55-49(34-43)45-15-5-9-19-53(45)63-55/h1-44H;1-36H. The maximum atomic E-state index is 7.04. The van der Waals surface area contributed by atoms with Crippen molar-refractivity contribution < 1.29 is 17.7 Å². The SMILES string of the molecule is c1ccc(-c2ccc(N(c3ccc(-c4cc5c6ccccc6n(-c6ccc7oc8ccccc8c7c6)c5c5c4oc4ccccc45)cc3)c3ccc4c(c3)C3(c5ccccc5-c5ccccc53)c3ccccc3-4)cc2)cc1.c1ccc(-c2ccc(N(c3ccc(-c4cc5c6ccccc6n(-c6ccc7oc8ccccc8c7c6)c5c5c4oc4ccccc45)cc3)c3ccc4sc5ccccc5c4c3)cc2)cc1. The van der Waals surface area contributed by atoms with E-state index in [-0.39, 0.29) is 0 Å². The van der Waals surface area contributed by atoms with Gasteiger partial charge in [0.25, 0.3) is 0 Å². The van der Waals surface area contributed by atoms with Gasteiger partial charge in [-0.3, -0.25) is 0 Å². The van der Waals surface area contributed by atoms with E-state index in [4.69, 9.17) is 17.7 Å². The Bertz CT molecular complexity index is 10200. The molecule has 0 unspecified atom stereocenters. The third kappa shape index (κ3) is 12.0. The monoisotopic (exact) mass is 1830 g/mol. The molecule has 9 heteroatoms. The molecule has 662 valence electrons. The average molecular weight is 1830 g/mol. The van der Waals surface area contributed by atoms with Crippen LogP contribution in [-0.4, -0.2) is 9.13 Å². The van der Waals surface area contributed by atoms with Crippen LogP contribution in [0.4, 0.5) is 34.1 Å². The topological polar surface area (TPSA) is 68.9 Å². The first-order chi connectivity index (χ1) is 70.4. The Balaban J connectivity index is 0.000000135. The van der Waals surface area contributed by atoms with Gasteiger partial charge in [0.15, 0.2) is 0 Å². The Morgan fingerprint density at radius 1 is 0.190 bits per heavy atom. The molecule has 29 aromatic rings. The van der Waals surface area contributed by atoms with Crippen molar-refractivity contribution >= 4 is 197 Å². The van der Waals surface area contributed by atoms with Crippen molar-refractivity contribution in [1.82, 2.24) is 9.13 Å². The number of hydrogen-bond donors (Lipinski definition) is 0. The van der Waals surface area contributed by atoms with Crippen LogP contribution in [0.1, 0.15) is 22.3 Å². The number of furan rings is 4. The summed E-state index contributed by atoms with van der Waals surface area (Å²) < 4.78 is 34.0. The van der Waals surface area contributed by atoms with Crippen molar-refractivity contribution in [1.29, 1.82) is 0 Å². The summed E-state index contributed by atoms with van der Waals surface area (Å²) >= 11 is 1.84. The van der Waals surface area contributed by atoms with Gasteiger partial charge in [-0.25, -0.2) is 0 Å². The van der Waals surface area contributed by atoms with Crippen LogP contribution in [0.2, 0.25) is 0 Å². The van der Waals surface area contributed by atoms with Crippen molar-refractivity contribution in [2.75, 3.05) is 9.80 Å². The number of fused-ring (bicyclic) bond motifs is 33. The molecule has 0 aliphatic heterocycles. The van der Waals surface area contributed by atoms with Crippen LogP contribution in [0.5, 0.6) is 0 Å². The van der Waals surface area contributed by atoms with Crippen LogP contribution in [0.15, 0.2) is 503 Å². The number of aromatic nitrogens is 2. The fourth-order valence-corrected chi connectivity index (χ4v) is 24.8. The number of para-hydroxylation sites is 6. The zero-order valence-corrected chi connectivity index (χ0v) is 77.3. The maximum Gasteiger partial charge on any atom is 0.145 e. The second-order valence-corrected chi connectivity index (χ2v) is 38.6. The lowest BCUT2D eigenvalue weighted by Gasteiger charge is -2.32. The van der Waals surface area contributed by atoms with Gasteiger partial charge in [-0.1, -0.05) is 315 Å². The van der Waals surface area contributed by atoms with Gasteiger partial charge < -0.3 is 36.6 Å². The molecule has 7 heterocycles. The smallest absolute Gasteiger partial charge is 0.145 e. The molecule has 142 heavy (non-hydrogen) atoms. The largest absolute Gasteiger partial charge is 0.456 e. The summed E-state index contributed by atoms with van der Waals surface area (Å²) in [5.41, 5.74) is 39.1. The number of thiophene rings is 1. The highest BCUT2D eigenvalue weighted by Gasteiger charge is 2.52. The van der Waals surface area contributed by atoms with Crippen LogP contribution >= 0.6 is 11.3 Å². The summed E-state index contributed by atoms with van der Waals surface area (Å²) in [5.74, 6) is 0. The first-order valence-corrected chi connectivity index (χ1v) is 49.3. The second kappa shape index (κ2) is 31.2. The van der Waals surface area contributed by atoms with E-state index in [0.29, 0.717) is 0 Å². The lowest BCUT2D eigenvalue weighted by atomic mass is 9.70. The molecule has 0 N–H and O–H groups in total. The number of hydrogen-bond acceptors (Lipinski definition) is 7. The summed E-state index contributed by atoms with van der Waals surface area (Å²) in [6, 6.07) is 176. The predicted molar refractivity (Wildman–Crippen MR) is 591 cm³/mol. The molecule has 0 amide bonds. The molecule has 2 aliphatic rings. The molecule has 31 rings (SSSR count). The van der Waals surface area contributed by atoms with Crippen LogP contribution in [0.25, 0.3) is 230 Å². The number of anilines is 6. The minimum absolute atomic E-state index is 0.470. The second-order valence-electron chi connectivity index (χ2n) is 37.5. The minimum Gasteiger partial charge on any atom is -0.456 e. The van der Waals surface area contributed by atoms with Crippen molar-refractivity contribution in [3.8, 4) is 78.1 Å². The van der Waals surface area contributed by atoms with E-state index in [1.807, 2.05) is 35.6 Å². The molecule has 8 nitrogen and oxygen atoms in total. The van der Waals surface area contributed by atoms with Gasteiger partial charge in [-0.15, -0.1) is 11.3 Å². The van der Waals surface area contributed by atoms with Gasteiger partial charge in [0.2, 0.25) is 0 Å². The summed E-state index contributed by atoms with van der Waals surface area (Å²) in [6.07, 6.45) is 0. The zero-order valence-electron chi connectivity index (χ0n) is 76.5. The Kier molecular flexibility index (Phi) is 17.5. The average Bonchev–Trinajstić information content (AvgIpc) is 1.50. The third-order valence-electron chi connectivity index (χ3n) is 30.0. The summed E-state index contributed by atoms with van der Waals surface area (Å²) in [7, 11) is 0. The highest BCUT2D eigenvalue weighted by Crippen LogP contribution is 2.64. The van der Waals surface area contributed by atoms with E-state index in [9.17, 15) is 0 Å². The quantitative estimate of drug-likeness (QED) is 0.121. The van der Waals surface area contributed by atoms with Crippen molar-refractivity contribution in [2.45, 2.75) is 5.41 Å². The van der Waals surface area contributed by atoms with E-state index in [2.05, 4.69) is 480 Å². The first kappa shape index (κ1) is 79.7. The lowest BCUT2D eigenvalue weighted by molar-refractivity contribution is 0.668. The molecular formula is C133H80N4O4S. The highest BCUT2D eigenvalue weighted by molar-refractivity contribution is 7.25. The van der Waals surface area contributed by atoms with Crippen molar-refractivity contribution in [3.63, 3.8) is 0 Å². The molecule has 0 fully saturated rings. The molecule has 0 saturated carbocycles.